The van der Waals surface area contributed by atoms with Crippen molar-refractivity contribution in [1.82, 2.24) is 5.06 Å². The minimum Gasteiger partial charge on any atom is -0.396 e. The van der Waals surface area contributed by atoms with Crippen molar-refractivity contribution in [2.75, 3.05) is 13.2 Å². The molecule has 1 aliphatic heterocycles. The minimum absolute atomic E-state index is 0.135. The van der Waals surface area contributed by atoms with Crippen LogP contribution in [0.15, 0.2) is 0 Å². The Hall–Kier alpha value is -0.650. The molecule has 0 radical (unpaired) electrons. The first kappa shape index (κ1) is 7.46. The fourth-order valence-electron chi connectivity index (χ4n) is 0.971. The first-order chi connectivity index (χ1) is 4.66. The quantitative estimate of drug-likeness (QED) is 0.379. The van der Waals surface area contributed by atoms with Gasteiger partial charge in [-0.1, -0.05) is 0 Å². The van der Waals surface area contributed by atoms with Gasteiger partial charge in [-0.2, -0.15) is 0 Å². The number of nitrogens with two attached hydrogens (primary N) is 1. The molecular weight excluding hydrogens is 136 g/mol. The van der Waals surface area contributed by atoms with Gasteiger partial charge in [-0.3, -0.25) is 10.0 Å². The first-order valence-corrected chi connectivity index (χ1v) is 3.03. The molecule has 2 atom stereocenters. The highest BCUT2D eigenvalue weighted by molar-refractivity contribution is 5.83. The first-order valence-electron chi connectivity index (χ1n) is 3.03. The van der Waals surface area contributed by atoms with Crippen LogP contribution in [0.4, 0.5) is 0 Å². The maximum absolute atomic E-state index is 10.7. The summed E-state index contributed by atoms with van der Waals surface area (Å²) in [6, 6.07) is -0.741. The number of hydroxylamine groups is 2. The largest absolute Gasteiger partial charge is 0.396 e. The summed E-state index contributed by atoms with van der Waals surface area (Å²) in [6.45, 7) is -0.0273. The number of rotatable bonds is 1. The lowest BCUT2D eigenvalue weighted by molar-refractivity contribution is -0.158. The molecule has 1 fully saturated rings. The second kappa shape index (κ2) is 2.53. The molecule has 0 aromatic carbocycles. The Labute approximate surface area is 58.0 Å². The Morgan fingerprint density at radius 1 is 1.80 bits per heavy atom. The zero-order valence-electron chi connectivity index (χ0n) is 5.40. The summed E-state index contributed by atoms with van der Waals surface area (Å²) in [7, 11) is 0. The van der Waals surface area contributed by atoms with E-state index in [-0.39, 0.29) is 19.1 Å². The number of carbonyl (C=O) groups excluding carboxylic acids is 1. The van der Waals surface area contributed by atoms with Gasteiger partial charge in [0.1, 0.15) is 0 Å². The average Bonchev–Trinajstić information content (AvgIpc) is 2.17. The second-order valence-electron chi connectivity index (χ2n) is 2.39. The fourth-order valence-corrected chi connectivity index (χ4v) is 0.971. The second-order valence-corrected chi connectivity index (χ2v) is 2.39. The van der Waals surface area contributed by atoms with Gasteiger partial charge in [0.25, 0.3) is 5.91 Å². The van der Waals surface area contributed by atoms with Crippen LogP contribution in [0.3, 0.4) is 0 Å². The Morgan fingerprint density at radius 3 is 2.60 bits per heavy atom. The van der Waals surface area contributed by atoms with Crippen LogP contribution in [-0.2, 0) is 4.79 Å². The number of carbonyl (C=O) groups is 1. The van der Waals surface area contributed by atoms with Gasteiger partial charge in [-0.15, -0.1) is 0 Å². The van der Waals surface area contributed by atoms with E-state index in [1.165, 1.54) is 0 Å². The summed E-state index contributed by atoms with van der Waals surface area (Å²) in [6.07, 6.45) is 0. The number of aliphatic hydroxyl groups excluding tert-OH is 1. The lowest BCUT2D eigenvalue weighted by Gasteiger charge is -2.05. The van der Waals surface area contributed by atoms with Gasteiger partial charge < -0.3 is 10.8 Å². The van der Waals surface area contributed by atoms with E-state index in [2.05, 4.69) is 0 Å². The van der Waals surface area contributed by atoms with Crippen LogP contribution in [0.1, 0.15) is 0 Å². The maximum atomic E-state index is 10.7. The van der Waals surface area contributed by atoms with Gasteiger partial charge in [0.2, 0.25) is 0 Å². The van der Waals surface area contributed by atoms with Crippen molar-refractivity contribution < 1.29 is 15.1 Å². The Balaban J connectivity index is 2.61. The zero-order chi connectivity index (χ0) is 7.72. The summed E-state index contributed by atoms with van der Waals surface area (Å²) < 4.78 is 0. The smallest absolute Gasteiger partial charge is 0.263 e. The van der Waals surface area contributed by atoms with E-state index in [1.54, 1.807) is 0 Å². The van der Waals surface area contributed by atoms with Crippen molar-refractivity contribution in [1.29, 1.82) is 0 Å². The van der Waals surface area contributed by atoms with Gasteiger partial charge in [-0.25, -0.2) is 5.06 Å². The Bertz CT molecular complexity index is 150. The summed E-state index contributed by atoms with van der Waals surface area (Å²) in [5.74, 6) is -0.837. The third-order valence-corrected chi connectivity index (χ3v) is 1.69. The molecule has 1 rings (SSSR count). The van der Waals surface area contributed by atoms with Crippen LogP contribution in [0.5, 0.6) is 0 Å². The molecule has 1 heterocycles. The molecule has 0 aromatic heterocycles. The van der Waals surface area contributed by atoms with Gasteiger partial charge in [-0.05, 0) is 0 Å². The maximum Gasteiger partial charge on any atom is 0.263 e. The number of amides is 1. The molecule has 2 unspecified atom stereocenters. The molecule has 1 amide bonds. The van der Waals surface area contributed by atoms with Crippen LogP contribution in [0.2, 0.25) is 0 Å². The molecule has 0 aliphatic carbocycles. The van der Waals surface area contributed by atoms with Gasteiger partial charge in [0.05, 0.1) is 12.6 Å². The number of hydrogen-bond acceptors (Lipinski definition) is 4. The van der Waals surface area contributed by atoms with E-state index in [0.717, 1.165) is 0 Å². The molecule has 0 bridgehead atoms. The molecule has 5 nitrogen and oxygen atoms in total. The van der Waals surface area contributed by atoms with Crippen molar-refractivity contribution in [3.8, 4) is 0 Å². The lowest BCUT2D eigenvalue weighted by atomic mass is 10.1. The van der Waals surface area contributed by atoms with Crippen molar-refractivity contribution in [3.05, 3.63) is 0 Å². The molecule has 0 aromatic rings. The van der Waals surface area contributed by atoms with Gasteiger partial charge in [0.15, 0.2) is 0 Å². The van der Waals surface area contributed by atoms with Crippen molar-refractivity contribution in [3.63, 3.8) is 0 Å². The molecule has 10 heavy (non-hydrogen) atoms. The predicted octanol–water partition coefficient (Wildman–Crippen LogP) is -1.85. The van der Waals surface area contributed by atoms with Crippen molar-refractivity contribution in [2.45, 2.75) is 6.04 Å². The van der Waals surface area contributed by atoms with Crippen LogP contribution in [0, 0.1) is 5.92 Å². The topological polar surface area (TPSA) is 86.8 Å². The molecule has 1 saturated heterocycles. The standard InChI is InChI=1S/C5H10N2O3/c6-4-3(2-8)1-7(10)5(4)9/h3-4,8,10H,1-2,6H2. The normalized spacial score (nSPS) is 33.5. The highest BCUT2D eigenvalue weighted by Gasteiger charge is 2.36. The van der Waals surface area contributed by atoms with Crippen molar-refractivity contribution >= 4 is 5.91 Å². The summed E-state index contributed by atoms with van der Waals surface area (Å²) in [5, 5.41) is 17.9. The van der Waals surface area contributed by atoms with Crippen molar-refractivity contribution in [2.24, 2.45) is 11.7 Å². The monoisotopic (exact) mass is 146 g/mol. The van der Waals surface area contributed by atoms with E-state index >= 15 is 0 Å². The number of aliphatic hydroxyl groups is 1. The van der Waals surface area contributed by atoms with Crippen LogP contribution < -0.4 is 5.73 Å². The minimum atomic E-state index is -0.741. The molecule has 1 aliphatic rings. The molecular formula is C5H10N2O3. The van der Waals surface area contributed by atoms with Gasteiger partial charge in [0, 0.05) is 12.5 Å². The highest BCUT2D eigenvalue weighted by atomic mass is 16.5. The van der Waals surface area contributed by atoms with E-state index < -0.39 is 11.9 Å². The fraction of sp³-hybridized carbons (Fsp3) is 0.800. The number of hydrogen-bond donors (Lipinski definition) is 3. The van der Waals surface area contributed by atoms with E-state index in [4.69, 9.17) is 16.0 Å². The SMILES string of the molecule is NC1C(=O)N(O)CC1CO. The van der Waals surface area contributed by atoms with Crippen LogP contribution >= 0.6 is 0 Å². The molecule has 4 N–H and O–H groups in total. The van der Waals surface area contributed by atoms with E-state index in [1.807, 2.05) is 0 Å². The van der Waals surface area contributed by atoms with Gasteiger partial charge >= 0.3 is 0 Å². The number of nitrogens with zero attached hydrogens (tertiary/aromatic N) is 1. The third kappa shape index (κ3) is 0.985. The summed E-state index contributed by atoms with van der Waals surface area (Å²) >= 11 is 0. The zero-order valence-corrected chi connectivity index (χ0v) is 5.40. The lowest BCUT2D eigenvalue weighted by Crippen LogP contribution is -2.35. The van der Waals surface area contributed by atoms with E-state index in [9.17, 15) is 4.79 Å². The van der Waals surface area contributed by atoms with Crippen LogP contribution in [-0.4, -0.2) is 40.5 Å². The highest BCUT2D eigenvalue weighted by Crippen LogP contribution is 2.13. The molecule has 0 saturated carbocycles. The van der Waals surface area contributed by atoms with E-state index in [0.29, 0.717) is 5.06 Å². The molecule has 58 valence electrons. The predicted molar refractivity (Wildman–Crippen MR) is 32.1 cm³/mol. The third-order valence-electron chi connectivity index (χ3n) is 1.69. The summed E-state index contributed by atoms with van der Waals surface area (Å²) in [4.78, 5) is 10.7. The Kier molecular flexibility index (Phi) is 1.89. The Morgan fingerprint density at radius 2 is 2.40 bits per heavy atom. The van der Waals surface area contributed by atoms with Crippen LogP contribution in [0.25, 0.3) is 0 Å². The summed E-state index contributed by atoms with van der Waals surface area (Å²) in [5.41, 5.74) is 5.31. The molecule has 5 heteroatoms. The molecule has 0 spiro atoms. The average molecular weight is 146 g/mol.